The number of carbonyl (C=O) groups is 3. The molecular weight excluding hydrogens is 252 g/mol. The molecule has 1 rings (SSSR count). The summed E-state index contributed by atoms with van der Waals surface area (Å²) in [6, 6.07) is 7.69. The van der Waals surface area contributed by atoms with Crippen molar-refractivity contribution in [3.63, 3.8) is 0 Å². The van der Waals surface area contributed by atoms with Gasteiger partial charge < -0.3 is 15.2 Å². The van der Waals surface area contributed by atoms with E-state index in [1.807, 2.05) is 6.07 Å². The van der Waals surface area contributed by atoms with Gasteiger partial charge in [-0.15, -0.1) is 0 Å². The van der Waals surface area contributed by atoms with Crippen molar-refractivity contribution in [1.82, 2.24) is 5.32 Å². The monoisotopic (exact) mass is 266 g/mol. The van der Waals surface area contributed by atoms with Crippen molar-refractivity contribution in [2.75, 3.05) is 6.61 Å². The molecule has 0 fully saturated rings. The molecule has 0 spiro atoms. The molecule has 0 saturated carbocycles. The van der Waals surface area contributed by atoms with Crippen molar-refractivity contribution < 1.29 is 23.9 Å². The van der Waals surface area contributed by atoms with Crippen molar-refractivity contribution in [3.05, 3.63) is 30.3 Å². The van der Waals surface area contributed by atoms with Gasteiger partial charge in [-0.25, -0.2) is 9.59 Å². The lowest BCUT2D eigenvalue weighted by atomic mass is 10.3. The Hall–Kier alpha value is -2.57. The number of carbonyl (C=O) groups excluding carboxylic acids is 3. The van der Waals surface area contributed by atoms with E-state index in [2.05, 4.69) is 4.74 Å². The highest BCUT2D eigenvalue weighted by Gasteiger charge is 2.17. The zero-order chi connectivity index (χ0) is 14.3. The normalized spacial score (nSPS) is 11.2. The zero-order valence-corrected chi connectivity index (χ0v) is 10.3. The SMILES string of the molecule is C[C@H](Oc1ccccc1)C(=O)OCC(=O)NC(N)=O. The number of primary amides is 1. The number of esters is 1. The summed E-state index contributed by atoms with van der Waals surface area (Å²) in [5.41, 5.74) is 4.73. The summed E-state index contributed by atoms with van der Waals surface area (Å²) in [6.45, 7) is 0.894. The van der Waals surface area contributed by atoms with Crippen molar-refractivity contribution >= 4 is 17.9 Å². The number of amides is 3. The average Bonchev–Trinajstić information content (AvgIpc) is 2.36. The molecule has 1 aromatic rings. The molecule has 0 bridgehead atoms. The summed E-state index contributed by atoms with van der Waals surface area (Å²) in [5, 5.41) is 1.77. The van der Waals surface area contributed by atoms with Crippen LogP contribution < -0.4 is 15.8 Å². The number of hydrogen-bond acceptors (Lipinski definition) is 5. The van der Waals surface area contributed by atoms with Crippen LogP contribution in [0.2, 0.25) is 0 Å². The molecule has 0 aliphatic rings. The minimum absolute atomic E-state index is 0.508. The first kappa shape index (κ1) is 14.5. The Labute approximate surface area is 109 Å². The molecule has 0 saturated heterocycles. The molecule has 0 aliphatic heterocycles. The molecule has 0 heterocycles. The summed E-state index contributed by atoms with van der Waals surface area (Å²) in [4.78, 5) is 32.9. The van der Waals surface area contributed by atoms with E-state index in [-0.39, 0.29) is 0 Å². The molecule has 0 aliphatic carbocycles. The zero-order valence-electron chi connectivity index (χ0n) is 10.3. The molecule has 0 unspecified atom stereocenters. The summed E-state index contributed by atoms with van der Waals surface area (Å²) < 4.78 is 9.95. The van der Waals surface area contributed by atoms with Gasteiger partial charge in [0.25, 0.3) is 5.91 Å². The van der Waals surface area contributed by atoms with Gasteiger partial charge in [0.2, 0.25) is 0 Å². The molecule has 1 aromatic carbocycles. The van der Waals surface area contributed by atoms with Crippen molar-refractivity contribution in [3.8, 4) is 5.75 Å². The molecule has 1 atom stereocenters. The minimum Gasteiger partial charge on any atom is -0.479 e. The van der Waals surface area contributed by atoms with Crippen LogP contribution in [0.1, 0.15) is 6.92 Å². The Morgan fingerprint density at radius 3 is 2.47 bits per heavy atom. The standard InChI is InChI=1S/C12H14N2O5/c1-8(19-9-5-3-2-4-6-9)11(16)18-7-10(15)14-12(13)17/h2-6,8H,7H2,1H3,(H3,13,14,15,17)/t8-/m0/s1. The van der Waals surface area contributed by atoms with Gasteiger partial charge in [-0.3, -0.25) is 10.1 Å². The molecule has 3 amide bonds. The van der Waals surface area contributed by atoms with Crippen LogP contribution >= 0.6 is 0 Å². The summed E-state index contributed by atoms with van der Waals surface area (Å²) >= 11 is 0. The molecule has 3 N–H and O–H groups in total. The van der Waals surface area contributed by atoms with Crippen LogP contribution in [-0.2, 0) is 14.3 Å². The number of para-hydroxylation sites is 1. The van der Waals surface area contributed by atoms with E-state index in [9.17, 15) is 14.4 Å². The van der Waals surface area contributed by atoms with E-state index < -0.39 is 30.6 Å². The van der Waals surface area contributed by atoms with E-state index in [1.54, 1.807) is 29.6 Å². The van der Waals surface area contributed by atoms with Gasteiger partial charge in [0.15, 0.2) is 12.7 Å². The number of nitrogens with one attached hydrogen (secondary N) is 1. The maximum absolute atomic E-state index is 11.5. The lowest BCUT2D eigenvalue weighted by Crippen LogP contribution is -2.39. The molecule has 0 aromatic heterocycles. The lowest BCUT2D eigenvalue weighted by molar-refractivity contribution is -0.154. The average molecular weight is 266 g/mol. The van der Waals surface area contributed by atoms with Crippen molar-refractivity contribution in [1.29, 1.82) is 0 Å². The fraction of sp³-hybridized carbons (Fsp3) is 0.250. The second-order valence-corrected chi connectivity index (χ2v) is 3.59. The molecule has 0 radical (unpaired) electrons. The van der Waals surface area contributed by atoms with E-state index in [0.717, 1.165) is 0 Å². The smallest absolute Gasteiger partial charge is 0.347 e. The van der Waals surface area contributed by atoms with Crippen LogP contribution in [0, 0.1) is 0 Å². The van der Waals surface area contributed by atoms with Gasteiger partial charge in [0.05, 0.1) is 0 Å². The lowest BCUT2D eigenvalue weighted by Gasteiger charge is -2.13. The summed E-state index contributed by atoms with van der Waals surface area (Å²) in [6.07, 6.45) is -0.872. The third-order valence-electron chi connectivity index (χ3n) is 2.00. The third-order valence-corrected chi connectivity index (χ3v) is 2.00. The summed E-state index contributed by atoms with van der Waals surface area (Å²) in [7, 11) is 0. The van der Waals surface area contributed by atoms with Gasteiger partial charge in [-0.1, -0.05) is 18.2 Å². The van der Waals surface area contributed by atoms with Gasteiger partial charge in [-0.05, 0) is 19.1 Å². The molecule has 7 nitrogen and oxygen atoms in total. The maximum Gasteiger partial charge on any atom is 0.347 e. The first-order valence-corrected chi connectivity index (χ1v) is 5.46. The number of nitrogens with two attached hydrogens (primary N) is 1. The molecule has 7 heteroatoms. The molecular formula is C12H14N2O5. The van der Waals surface area contributed by atoms with Gasteiger partial charge in [0, 0.05) is 0 Å². The largest absolute Gasteiger partial charge is 0.479 e. The minimum atomic E-state index is -1.00. The quantitative estimate of drug-likeness (QED) is 0.740. The highest BCUT2D eigenvalue weighted by Crippen LogP contribution is 2.11. The highest BCUT2D eigenvalue weighted by molar-refractivity contribution is 5.94. The van der Waals surface area contributed by atoms with E-state index in [0.29, 0.717) is 5.75 Å². The van der Waals surface area contributed by atoms with Gasteiger partial charge in [-0.2, -0.15) is 0 Å². The first-order chi connectivity index (χ1) is 8.99. The number of urea groups is 1. The third kappa shape index (κ3) is 5.53. The predicted molar refractivity (Wildman–Crippen MR) is 65.2 cm³/mol. The van der Waals surface area contributed by atoms with Crippen LogP contribution in [0.25, 0.3) is 0 Å². The number of hydrogen-bond donors (Lipinski definition) is 2. The van der Waals surface area contributed by atoms with Crippen LogP contribution in [0.15, 0.2) is 30.3 Å². The van der Waals surface area contributed by atoms with Crippen LogP contribution in [0.4, 0.5) is 4.79 Å². The number of ether oxygens (including phenoxy) is 2. The van der Waals surface area contributed by atoms with E-state index in [1.165, 1.54) is 6.92 Å². The van der Waals surface area contributed by atoms with E-state index >= 15 is 0 Å². The summed E-state index contributed by atoms with van der Waals surface area (Å²) in [5.74, 6) is -1.01. The van der Waals surface area contributed by atoms with Crippen molar-refractivity contribution in [2.45, 2.75) is 13.0 Å². The number of imide groups is 1. The van der Waals surface area contributed by atoms with Crippen LogP contribution in [-0.4, -0.2) is 30.6 Å². The fourth-order valence-corrected chi connectivity index (χ4v) is 1.18. The maximum atomic E-state index is 11.5. The van der Waals surface area contributed by atoms with Gasteiger partial charge in [0.1, 0.15) is 5.75 Å². The number of rotatable bonds is 5. The highest BCUT2D eigenvalue weighted by atomic mass is 16.6. The van der Waals surface area contributed by atoms with E-state index in [4.69, 9.17) is 10.5 Å². The number of benzene rings is 1. The van der Waals surface area contributed by atoms with Crippen LogP contribution in [0.3, 0.4) is 0 Å². The van der Waals surface area contributed by atoms with Crippen LogP contribution in [0.5, 0.6) is 5.75 Å². The van der Waals surface area contributed by atoms with Crippen molar-refractivity contribution in [2.24, 2.45) is 5.73 Å². The first-order valence-electron chi connectivity index (χ1n) is 5.46. The molecule has 19 heavy (non-hydrogen) atoms. The Balaban J connectivity index is 2.37. The Bertz CT molecular complexity index is 460. The predicted octanol–water partition coefficient (Wildman–Crippen LogP) is 0.192. The Morgan fingerprint density at radius 1 is 1.26 bits per heavy atom. The fourth-order valence-electron chi connectivity index (χ4n) is 1.18. The molecule has 102 valence electrons. The Morgan fingerprint density at radius 2 is 1.89 bits per heavy atom. The second-order valence-electron chi connectivity index (χ2n) is 3.59. The van der Waals surface area contributed by atoms with Gasteiger partial charge >= 0.3 is 12.0 Å². The topological polar surface area (TPSA) is 108 Å². The Kier molecular flexibility index (Phi) is 5.34. The second kappa shape index (κ2) is 7.00.